The van der Waals surface area contributed by atoms with E-state index in [9.17, 15) is 28.1 Å². The van der Waals surface area contributed by atoms with E-state index in [4.69, 9.17) is 0 Å². The van der Waals surface area contributed by atoms with E-state index >= 15 is 0 Å². The topological polar surface area (TPSA) is 78.7 Å². The SMILES string of the molecule is CCOC(=O)c1cccc([N+](=O)[O-])c1OC(F)(F)F. The van der Waals surface area contributed by atoms with E-state index in [1.165, 1.54) is 6.92 Å². The van der Waals surface area contributed by atoms with Crippen molar-refractivity contribution in [3.63, 3.8) is 0 Å². The van der Waals surface area contributed by atoms with E-state index in [1.54, 1.807) is 0 Å². The molecule has 0 N–H and O–H groups in total. The van der Waals surface area contributed by atoms with Crippen molar-refractivity contribution in [1.29, 1.82) is 0 Å². The first-order valence-electron chi connectivity index (χ1n) is 4.96. The first-order valence-corrected chi connectivity index (χ1v) is 4.96. The zero-order valence-electron chi connectivity index (χ0n) is 9.56. The Morgan fingerprint density at radius 2 is 2.05 bits per heavy atom. The van der Waals surface area contributed by atoms with Crippen LogP contribution in [0.15, 0.2) is 18.2 Å². The molecule has 0 aliphatic rings. The minimum Gasteiger partial charge on any atom is -0.462 e. The van der Waals surface area contributed by atoms with Crippen molar-refractivity contribution in [2.24, 2.45) is 0 Å². The van der Waals surface area contributed by atoms with Crippen LogP contribution in [-0.4, -0.2) is 23.9 Å². The minimum atomic E-state index is -5.16. The van der Waals surface area contributed by atoms with Crippen molar-refractivity contribution in [2.75, 3.05) is 6.61 Å². The third-order valence-corrected chi connectivity index (χ3v) is 1.90. The molecule has 0 saturated heterocycles. The highest BCUT2D eigenvalue weighted by Crippen LogP contribution is 2.35. The second-order valence-electron chi connectivity index (χ2n) is 3.18. The molecule has 0 saturated carbocycles. The molecule has 9 heteroatoms. The Hall–Kier alpha value is -2.32. The fraction of sp³-hybridized carbons (Fsp3) is 0.300. The second kappa shape index (κ2) is 5.55. The first-order chi connectivity index (χ1) is 8.76. The number of carbonyl (C=O) groups is 1. The number of ether oxygens (including phenoxy) is 2. The predicted octanol–water partition coefficient (Wildman–Crippen LogP) is 2.67. The molecule has 6 nitrogen and oxygen atoms in total. The number of nitro benzene ring substituents is 1. The van der Waals surface area contributed by atoms with Crippen molar-refractivity contribution in [3.8, 4) is 5.75 Å². The van der Waals surface area contributed by atoms with Gasteiger partial charge < -0.3 is 9.47 Å². The monoisotopic (exact) mass is 279 g/mol. The molecule has 1 rings (SSSR count). The molecular formula is C10H8F3NO5. The number of nitro groups is 1. The molecule has 0 heterocycles. The van der Waals surface area contributed by atoms with Gasteiger partial charge in [-0.1, -0.05) is 6.07 Å². The van der Waals surface area contributed by atoms with Crippen molar-refractivity contribution in [2.45, 2.75) is 13.3 Å². The lowest BCUT2D eigenvalue weighted by atomic mass is 10.1. The number of nitrogens with zero attached hydrogens (tertiary/aromatic N) is 1. The van der Waals surface area contributed by atoms with Crippen LogP contribution in [0.2, 0.25) is 0 Å². The number of halogens is 3. The number of alkyl halides is 3. The van der Waals surface area contributed by atoms with Gasteiger partial charge in [-0.25, -0.2) is 4.79 Å². The summed E-state index contributed by atoms with van der Waals surface area (Å²) in [5.41, 5.74) is -1.63. The summed E-state index contributed by atoms with van der Waals surface area (Å²) < 4.78 is 44.7. The standard InChI is InChI=1S/C10H8F3NO5/c1-2-18-9(15)6-4-3-5-7(14(16)17)8(6)19-10(11,12)13/h3-5H,2H2,1H3. The molecule has 19 heavy (non-hydrogen) atoms. The fourth-order valence-corrected chi connectivity index (χ4v) is 1.26. The lowest BCUT2D eigenvalue weighted by Gasteiger charge is -2.12. The van der Waals surface area contributed by atoms with Crippen LogP contribution < -0.4 is 4.74 Å². The lowest BCUT2D eigenvalue weighted by Crippen LogP contribution is -2.20. The number of rotatable bonds is 4. The van der Waals surface area contributed by atoms with Gasteiger partial charge >= 0.3 is 18.0 Å². The molecule has 104 valence electrons. The fourth-order valence-electron chi connectivity index (χ4n) is 1.26. The normalized spacial score (nSPS) is 10.9. The van der Waals surface area contributed by atoms with Gasteiger partial charge in [-0.3, -0.25) is 10.1 Å². The summed E-state index contributed by atoms with van der Waals surface area (Å²) in [6.45, 7) is 1.35. The van der Waals surface area contributed by atoms with Gasteiger partial charge in [0.1, 0.15) is 5.56 Å². The zero-order chi connectivity index (χ0) is 14.6. The maximum absolute atomic E-state index is 12.2. The van der Waals surface area contributed by atoms with Gasteiger partial charge in [0, 0.05) is 6.07 Å². The highest BCUT2D eigenvalue weighted by atomic mass is 19.4. The summed E-state index contributed by atoms with van der Waals surface area (Å²) in [5, 5.41) is 10.6. The van der Waals surface area contributed by atoms with Crippen LogP contribution in [0.3, 0.4) is 0 Å². The largest absolute Gasteiger partial charge is 0.573 e. The maximum atomic E-state index is 12.2. The van der Waals surface area contributed by atoms with Crippen molar-refractivity contribution in [1.82, 2.24) is 0 Å². The van der Waals surface area contributed by atoms with Gasteiger partial charge in [-0.15, -0.1) is 13.2 Å². The molecule has 0 aliphatic heterocycles. The Morgan fingerprint density at radius 1 is 1.42 bits per heavy atom. The minimum absolute atomic E-state index is 0.0903. The lowest BCUT2D eigenvalue weighted by molar-refractivity contribution is -0.388. The molecule has 0 spiro atoms. The van der Waals surface area contributed by atoms with Crippen LogP contribution in [0.4, 0.5) is 18.9 Å². The van der Waals surface area contributed by atoms with E-state index in [0.29, 0.717) is 0 Å². The number of hydrogen-bond donors (Lipinski definition) is 0. The van der Waals surface area contributed by atoms with Gasteiger partial charge in [0.25, 0.3) is 0 Å². The molecule has 0 radical (unpaired) electrons. The molecule has 0 amide bonds. The van der Waals surface area contributed by atoms with Gasteiger partial charge in [-0.2, -0.15) is 0 Å². The summed E-state index contributed by atoms with van der Waals surface area (Å²) in [7, 11) is 0. The first kappa shape index (κ1) is 14.7. The molecule has 0 aliphatic carbocycles. The van der Waals surface area contributed by atoms with E-state index < -0.39 is 34.3 Å². The third-order valence-electron chi connectivity index (χ3n) is 1.90. The van der Waals surface area contributed by atoms with E-state index in [0.717, 1.165) is 18.2 Å². The smallest absolute Gasteiger partial charge is 0.462 e. The third kappa shape index (κ3) is 3.83. The van der Waals surface area contributed by atoms with Crippen LogP contribution >= 0.6 is 0 Å². The average molecular weight is 279 g/mol. The molecule has 0 atom stereocenters. The summed E-state index contributed by atoms with van der Waals surface area (Å²) in [6.07, 6.45) is -5.16. The van der Waals surface area contributed by atoms with Crippen molar-refractivity contribution < 1.29 is 32.4 Å². The van der Waals surface area contributed by atoms with Crippen molar-refractivity contribution in [3.05, 3.63) is 33.9 Å². The van der Waals surface area contributed by atoms with Crippen molar-refractivity contribution >= 4 is 11.7 Å². The summed E-state index contributed by atoms with van der Waals surface area (Å²) in [6, 6.07) is 2.81. The average Bonchev–Trinajstić information content (AvgIpc) is 2.27. The quantitative estimate of drug-likeness (QED) is 0.481. The molecule has 0 fully saturated rings. The van der Waals surface area contributed by atoms with Crippen LogP contribution in [-0.2, 0) is 4.74 Å². The Morgan fingerprint density at radius 3 is 2.53 bits per heavy atom. The van der Waals surface area contributed by atoms with Crippen LogP contribution in [0.5, 0.6) is 5.75 Å². The van der Waals surface area contributed by atoms with Crippen LogP contribution in [0, 0.1) is 10.1 Å². The Balaban J connectivity index is 3.34. The molecule has 0 aromatic heterocycles. The summed E-state index contributed by atoms with van der Waals surface area (Å²) >= 11 is 0. The molecular weight excluding hydrogens is 271 g/mol. The number of carbonyl (C=O) groups excluding carboxylic acids is 1. The van der Waals surface area contributed by atoms with Gasteiger partial charge in [-0.05, 0) is 13.0 Å². The van der Waals surface area contributed by atoms with Crippen LogP contribution in [0.25, 0.3) is 0 Å². The van der Waals surface area contributed by atoms with Gasteiger partial charge in [0.15, 0.2) is 0 Å². The highest BCUT2D eigenvalue weighted by molar-refractivity contribution is 5.94. The van der Waals surface area contributed by atoms with Crippen LogP contribution in [0.1, 0.15) is 17.3 Å². The molecule has 1 aromatic carbocycles. The van der Waals surface area contributed by atoms with E-state index in [-0.39, 0.29) is 6.61 Å². The zero-order valence-corrected chi connectivity index (χ0v) is 9.56. The number of hydrogen-bond acceptors (Lipinski definition) is 5. The maximum Gasteiger partial charge on any atom is 0.573 e. The number of benzene rings is 1. The summed E-state index contributed by atoms with van der Waals surface area (Å²) in [5.74, 6) is -2.32. The van der Waals surface area contributed by atoms with Gasteiger partial charge in [0.05, 0.1) is 11.5 Å². The van der Waals surface area contributed by atoms with Gasteiger partial charge in [0.2, 0.25) is 5.75 Å². The van der Waals surface area contributed by atoms with E-state index in [2.05, 4.69) is 9.47 Å². The van der Waals surface area contributed by atoms with E-state index in [1.807, 2.05) is 0 Å². The second-order valence-corrected chi connectivity index (χ2v) is 3.18. The predicted molar refractivity (Wildman–Crippen MR) is 55.7 cm³/mol. The Labute approximate surface area is 104 Å². The molecule has 0 unspecified atom stereocenters. The highest BCUT2D eigenvalue weighted by Gasteiger charge is 2.37. The molecule has 1 aromatic rings. The number of esters is 1. The summed E-state index contributed by atoms with van der Waals surface area (Å²) in [4.78, 5) is 21.0. The Bertz CT molecular complexity index is 500. The Kier molecular flexibility index (Phi) is 4.30. The molecule has 0 bridgehead atoms. The number of para-hydroxylation sites is 1.